The van der Waals surface area contributed by atoms with Crippen LogP contribution in [0.3, 0.4) is 0 Å². The van der Waals surface area contributed by atoms with E-state index in [2.05, 4.69) is 0 Å². The highest BCUT2D eigenvalue weighted by Gasteiger charge is 2.11. The van der Waals surface area contributed by atoms with Crippen LogP contribution in [0.25, 0.3) is 0 Å². The van der Waals surface area contributed by atoms with Gasteiger partial charge in [0.25, 0.3) is 6.20 Å². The maximum absolute atomic E-state index is 10.6. The van der Waals surface area contributed by atoms with Crippen LogP contribution < -0.4 is 4.73 Å². The highest BCUT2D eigenvalue weighted by atomic mass is 16.6. The zero-order valence-corrected chi connectivity index (χ0v) is 5.80. The monoisotopic (exact) mass is 165 g/mol. The smallest absolute Gasteiger partial charge is 0.335 e. The first-order chi connectivity index (χ1) is 5.63. The summed E-state index contributed by atoms with van der Waals surface area (Å²) in [5.74, 6) is 0. The van der Waals surface area contributed by atoms with Crippen molar-refractivity contribution < 1.29 is 9.65 Å². The van der Waals surface area contributed by atoms with Crippen molar-refractivity contribution in [3.8, 4) is 6.07 Å². The van der Waals surface area contributed by atoms with Gasteiger partial charge in [-0.15, -0.1) is 0 Å². The summed E-state index contributed by atoms with van der Waals surface area (Å²) in [5.41, 5.74) is -0.414. The van der Waals surface area contributed by atoms with Gasteiger partial charge in [-0.05, 0) is 0 Å². The Bertz CT molecular complexity index is 369. The van der Waals surface area contributed by atoms with Gasteiger partial charge in [-0.3, -0.25) is 10.1 Å². The van der Waals surface area contributed by atoms with Crippen LogP contribution in [0.2, 0.25) is 0 Å². The van der Waals surface area contributed by atoms with Crippen molar-refractivity contribution in [1.29, 1.82) is 5.26 Å². The van der Waals surface area contributed by atoms with Gasteiger partial charge in [-0.1, -0.05) is 0 Å². The molecule has 6 heteroatoms. The van der Waals surface area contributed by atoms with Gasteiger partial charge < -0.3 is 5.21 Å². The molecule has 0 aliphatic carbocycles. The molecule has 0 saturated heterocycles. The van der Waals surface area contributed by atoms with Crippen LogP contribution >= 0.6 is 0 Å². The van der Waals surface area contributed by atoms with Crippen molar-refractivity contribution in [2.24, 2.45) is 0 Å². The molecule has 0 aliphatic rings. The molecule has 1 heterocycles. The first-order valence-electron chi connectivity index (χ1n) is 2.92. The fourth-order valence-electron chi connectivity index (χ4n) is 0.700. The molecule has 0 unspecified atom stereocenters. The van der Waals surface area contributed by atoms with E-state index in [1.165, 1.54) is 0 Å². The second-order valence-corrected chi connectivity index (χ2v) is 2.01. The van der Waals surface area contributed by atoms with Crippen molar-refractivity contribution >= 4 is 5.69 Å². The van der Waals surface area contributed by atoms with Gasteiger partial charge in [0.05, 0.1) is 4.92 Å². The van der Waals surface area contributed by atoms with E-state index in [0.717, 1.165) is 18.5 Å². The molecule has 0 aliphatic heterocycles. The number of hydrogen-bond donors (Lipinski definition) is 0. The molecule has 12 heavy (non-hydrogen) atoms. The standard InChI is InChI=1S/C6H3N3O3/c7-2-5-1-6(9(11)12)4-8(10)3-5/h1,3-4H. The summed E-state index contributed by atoms with van der Waals surface area (Å²) < 4.78 is 0.233. The van der Waals surface area contributed by atoms with E-state index in [4.69, 9.17) is 5.26 Å². The van der Waals surface area contributed by atoms with Gasteiger partial charge in [0.2, 0.25) is 0 Å². The Morgan fingerprint density at radius 3 is 2.75 bits per heavy atom. The number of rotatable bonds is 1. The van der Waals surface area contributed by atoms with Crippen LogP contribution in [0, 0.1) is 26.7 Å². The third-order valence-corrected chi connectivity index (χ3v) is 1.17. The molecule has 0 saturated carbocycles. The molecule has 1 rings (SSSR count). The summed E-state index contributed by atoms with van der Waals surface area (Å²) in [4.78, 5) is 9.44. The molecule has 6 nitrogen and oxygen atoms in total. The summed E-state index contributed by atoms with van der Waals surface area (Å²) in [7, 11) is 0. The van der Waals surface area contributed by atoms with Crippen molar-refractivity contribution in [3.63, 3.8) is 0 Å². The molecule has 0 fully saturated rings. The average molecular weight is 165 g/mol. The van der Waals surface area contributed by atoms with Gasteiger partial charge >= 0.3 is 5.69 Å². The van der Waals surface area contributed by atoms with Crippen LogP contribution in [0.4, 0.5) is 5.69 Å². The summed E-state index contributed by atoms with van der Waals surface area (Å²) in [6.07, 6.45) is 1.76. The predicted octanol–water partition coefficient (Wildman–Crippen LogP) is 0.0999. The van der Waals surface area contributed by atoms with Crippen LogP contribution in [0.5, 0.6) is 0 Å². The van der Waals surface area contributed by atoms with E-state index in [9.17, 15) is 15.3 Å². The normalized spacial score (nSPS) is 8.92. The second kappa shape index (κ2) is 2.84. The van der Waals surface area contributed by atoms with E-state index in [1.807, 2.05) is 0 Å². The van der Waals surface area contributed by atoms with Crippen molar-refractivity contribution in [2.75, 3.05) is 0 Å². The summed E-state index contributed by atoms with van der Waals surface area (Å²) in [6, 6.07) is 2.67. The lowest BCUT2D eigenvalue weighted by Crippen LogP contribution is -2.25. The van der Waals surface area contributed by atoms with Gasteiger partial charge in [0.1, 0.15) is 11.6 Å². The van der Waals surface area contributed by atoms with Crippen molar-refractivity contribution in [1.82, 2.24) is 0 Å². The topological polar surface area (TPSA) is 93.9 Å². The molecule has 0 spiro atoms. The minimum absolute atomic E-state index is 0.0285. The lowest BCUT2D eigenvalue weighted by atomic mass is 10.3. The minimum atomic E-state index is -0.727. The maximum Gasteiger partial charge on any atom is 0.335 e. The largest absolute Gasteiger partial charge is 0.618 e. The maximum atomic E-state index is 10.6. The van der Waals surface area contributed by atoms with E-state index in [1.54, 1.807) is 6.07 Å². The minimum Gasteiger partial charge on any atom is -0.618 e. The fraction of sp³-hybridized carbons (Fsp3) is 0. The molecular weight excluding hydrogens is 162 g/mol. The van der Waals surface area contributed by atoms with E-state index >= 15 is 0 Å². The Labute approximate surface area is 67.0 Å². The van der Waals surface area contributed by atoms with Gasteiger partial charge in [0.15, 0.2) is 6.20 Å². The van der Waals surface area contributed by atoms with Gasteiger partial charge in [-0.2, -0.15) is 9.99 Å². The number of aromatic nitrogens is 1. The van der Waals surface area contributed by atoms with Gasteiger partial charge in [-0.25, -0.2) is 0 Å². The Kier molecular flexibility index (Phi) is 1.88. The lowest BCUT2D eigenvalue weighted by Gasteiger charge is -1.94. The van der Waals surface area contributed by atoms with Crippen molar-refractivity contribution in [2.45, 2.75) is 0 Å². The highest BCUT2D eigenvalue weighted by molar-refractivity contribution is 5.34. The third-order valence-electron chi connectivity index (χ3n) is 1.17. The van der Waals surface area contributed by atoms with Crippen LogP contribution in [-0.4, -0.2) is 4.92 Å². The number of nitriles is 1. The lowest BCUT2D eigenvalue weighted by molar-refractivity contribution is -0.609. The van der Waals surface area contributed by atoms with E-state index in [-0.39, 0.29) is 16.0 Å². The Morgan fingerprint density at radius 2 is 2.25 bits per heavy atom. The zero-order chi connectivity index (χ0) is 9.14. The number of nitrogens with zero attached hydrogens (tertiary/aromatic N) is 3. The van der Waals surface area contributed by atoms with E-state index < -0.39 is 4.92 Å². The molecule has 60 valence electrons. The highest BCUT2D eigenvalue weighted by Crippen LogP contribution is 2.08. The Morgan fingerprint density at radius 1 is 1.58 bits per heavy atom. The number of pyridine rings is 1. The first kappa shape index (κ1) is 7.94. The predicted molar refractivity (Wildman–Crippen MR) is 36.8 cm³/mol. The molecule has 1 aromatic heterocycles. The first-order valence-corrected chi connectivity index (χ1v) is 2.92. The summed E-state index contributed by atoms with van der Waals surface area (Å²) in [6.45, 7) is 0. The molecule has 0 radical (unpaired) electrons. The molecule has 0 aromatic carbocycles. The molecule has 0 N–H and O–H groups in total. The van der Waals surface area contributed by atoms with E-state index in [0.29, 0.717) is 0 Å². The third kappa shape index (κ3) is 1.46. The number of hydrogen-bond acceptors (Lipinski definition) is 4. The van der Waals surface area contributed by atoms with Crippen LogP contribution in [0.1, 0.15) is 5.56 Å². The van der Waals surface area contributed by atoms with Crippen LogP contribution in [0.15, 0.2) is 18.5 Å². The van der Waals surface area contributed by atoms with Crippen LogP contribution in [-0.2, 0) is 0 Å². The quantitative estimate of drug-likeness (QED) is 0.255. The molecule has 0 bridgehead atoms. The zero-order valence-electron chi connectivity index (χ0n) is 5.80. The fourth-order valence-corrected chi connectivity index (χ4v) is 0.700. The molecule has 1 aromatic rings. The van der Waals surface area contributed by atoms with Crippen molar-refractivity contribution in [3.05, 3.63) is 39.3 Å². The summed E-state index contributed by atoms with van der Waals surface area (Å²) in [5, 5.41) is 29.1. The average Bonchev–Trinajstić information content (AvgIpc) is 2.03. The second-order valence-electron chi connectivity index (χ2n) is 2.01. The Balaban J connectivity index is 3.26. The number of nitro groups is 1. The van der Waals surface area contributed by atoms with Gasteiger partial charge in [0, 0.05) is 6.07 Å². The Hall–Kier alpha value is -2.16. The molecule has 0 amide bonds. The summed E-state index contributed by atoms with van der Waals surface area (Å²) >= 11 is 0. The SMILES string of the molecule is N#Cc1cc([N+](=O)[O-])c[n+]([O-])c1. The molecule has 0 atom stereocenters. The molecular formula is C6H3N3O3.